The first-order chi connectivity index (χ1) is 5.17. The van der Waals surface area contributed by atoms with Crippen molar-refractivity contribution in [2.24, 2.45) is 4.40 Å². The van der Waals surface area contributed by atoms with E-state index < -0.39 is 10.0 Å². The van der Waals surface area contributed by atoms with Crippen LogP contribution in [0.25, 0.3) is 5.41 Å². The van der Waals surface area contributed by atoms with Crippen molar-refractivity contribution in [3.63, 3.8) is 0 Å². The zero-order valence-corrected chi connectivity index (χ0v) is 6.38. The average Bonchev–Trinajstić information content (AvgIpc) is 2.21. The molecule has 11 heavy (non-hydrogen) atoms. The molecule has 1 heterocycles. The molecule has 0 unspecified atom stereocenters. The quantitative estimate of drug-likeness (QED) is 0.524. The molecule has 0 aliphatic carbocycles. The average molecular weight is 168 g/mol. The highest BCUT2D eigenvalue weighted by atomic mass is 32.2. The third kappa shape index (κ3) is 1.05. The maximum atomic E-state index is 10.9. The number of fused-ring (bicyclic) bond motifs is 1. The molecular weight excluding hydrogens is 162 g/mol. The van der Waals surface area contributed by atoms with Gasteiger partial charge in [0.1, 0.15) is 0 Å². The third-order valence-electron chi connectivity index (χ3n) is 1.44. The second-order valence-electron chi connectivity index (χ2n) is 2.28. The highest BCUT2D eigenvalue weighted by molar-refractivity contribution is 7.97. The van der Waals surface area contributed by atoms with Crippen LogP contribution in [-0.4, -0.2) is 8.42 Å². The highest BCUT2D eigenvalue weighted by Gasteiger charge is 2.07. The van der Waals surface area contributed by atoms with Crippen LogP contribution in [0, 0.1) is 0 Å². The van der Waals surface area contributed by atoms with E-state index in [9.17, 15) is 8.42 Å². The topological polar surface area (TPSA) is 46.5 Å². The molecule has 1 aromatic carbocycles. The van der Waals surface area contributed by atoms with Gasteiger partial charge in [0, 0.05) is 5.22 Å². The van der Waals surface area contributed by atoms with Crippen LogP contribution in [0.15, 0.2) is 28.7 Å². The Hall–Kier alpha value is -1.16. The van der Waals surface area contributed by atoms with Crippen LogP contribution in [0.3, 0.4) is 0 Å². The molecule has 56 valence electrons. The van der Waals surface area contributed by atoms with E-state index in [4.69, 9.17) is 0 Å². The summed E-state index contributed by atoms with van der Waals surface area (Å²) in [4.78, 5) is 0. The van der Waals surface area contributed by atoms with E-state index in [0.717, 1.165) is 0 Å². The minimum Gasteiger partial charge on any atom is -0.200 e. The van der Waals surface area contributed by atoms with Crippen LogP contribution in [0.5, 0.6) is 0 Å². The fraction of sp³-hybridized carbons (Fsp3) is 0. The van der Waals surface area contributed by atoms with E-state index in [2.05, 4.69) is 4.40 Å². The van der Waals surface area contributed by atoms with Gasteiger partial charge in [-0.3, -0.25) is 0 Å². The molecule has 2 rings (SSSR count). The maximum Gasteiger partial charge on any atom is 1.00 e. The Morgan fingerprint density at radius 1 is 1.27 bits per heavy atom. The molecule has 4 heteroatoms. The number of nitrogens with zero attached hydrogens (tertiary/aromatic N) is 1. The molecule has 1 aliphatic rings. The Morgan fingerprint density at radius 2 is 2.00 bits per heavy atom. The Kier molecular flexibility index (Phi) is 1.14. The first-order valence-electron chi connectivity index (χ1n) is 3.09. The summed E-state index contributed by atoms with van der Waals surface area (Å²) in [5, 5.41) is 2.38. The molecule has 1 aromatic rings. The molecule has 0 spiro atoms. The molecule has 0 saturated carbocycles. The summed E-state index contributed by atoms with van der Waals surface area (Å²) in [5.41, 5.74) is 0. The van der Waals surface area contributed by atoms with Crippen molar-refractivity contribution in [1.82, 2.24) is 0 Å². The Balaban J connectivity index is 0.000000720. The lowest BCUT2D eigenvalue weighted by atomic mass is 10.3. The highest BCUT2D eigenvalue weighted by Crippen LogP contribution is 1.94. The van der Waals surface area contributed by atoms with E-state index in [-0.39, 0.29) is 1.43 Å². The summed E-state index contributed by atoms with van der Waals surface area (Å²) in [6.45, 7) is 0. The van der Waals surface area contributed by atoms with Gasteiger partial charge in [0.15, 0.2) is 0 Å². The largest absolute Gasteiger partial charge is 1.00 e. The molecule has 0 radical (unpaired) electrons. The molecule has 0 amide bonds. The van der Waals surface area contributed by atoms with Crippen molar-refractivity contribution in [2.45, 2.75) is 0 Å². The minimum absolute atomic E-state index is 0. The predicted molar refractivity (Wildman–Crippen MR) is 41.7 cm³/mol. The molecule has 0 fully saturated rings. The molecule has 0 N–H and O–H groups in total. The van der Waals surface area contributed by atoms with Gasteiger partial charge in [-0.25, -0.2) is 0 Å². The fourth-order valence-electron chi connectivity index (χ4n) is 0.994. The van der Waals surface area contributed by atoms with Crippen molar-refractivity contribution in [3.05, 3.63) is 34.8 Å². The van der Waals surface area contributed by atoms with Crippen molar-refractivity contribution < 1.29 is 9.84 Å². The van der Waals surface area contributed by atoms with Gasteiger partial charge >= 0.3 is 1.43 Å². The SMILES string of the molecule is O=S1(=O)C=c2ccccc2=N1.[H+]. The van der Waals surface area contributed by atoms with Gasteiger partial charge in [-0.15, -0.1) is 0 Å². The normalized spacial score (nSPS) is 18.2. The van der Waals surface area contributed by atoms with Crippen LogP contribution < -0.4 is 10.6 Å². The first kappa shape index (κ1) is 6.54. The second kappa shape index (κ2) is 1.92. The number of rotatable bonds is 0. The van der Waals surface area contributed by atoms with Crippen LogP contribution in [-0.2, 0) is 10.0 Å². The molecule has 0 aromatic heterocycles. The van der Waals surface area contributed by atoms with E-state index in [1.54, 1.807) is 24.3 Å². The summed E-state index contributed by atoms with van der Waals surface area (Å²) in [6, 6.07) is 6.95. The Labute approximate surface area is 65.2 Å². The van der Waals surface area contributed by atoms with E-state index in [0.29, 0.717) is 10.6 Å². The van der Waals surface area contributed by atoms with Gasteiger partial charge in [-0.2, -0.15) is 12.8 Å². The van der Waals surface area contributed by atoms with Gasteiger partial charge < -0.3 is 0 Å². The van der Waals surface area contributed by atoms with Crippen molar-refractivity contribution >= 4 is 15.4 Å². The third-order valence-corrected chi connectivity index (χ3v) is 2.44. The van der Waals surface area contributed by atoms with E-state index in [1.165, 1.54) is 5.41 Å². The van der Waals surface area contributed by atoms with Crippen LogP contribution in [0.4, 0.5) is 0 Å². The molecule has 1 aliphatic heterocycles. The lowest BCUT2D eigenvalue weighted by molar-refractivity contribution is 0.608. The zero-order chi connectivity index (χ0) is 7.90. The van der Waals surface area contributed by atoms with Crippen LogP contribution in [0.2, 0.25) is 0 Å². The van der Waals surface area contributed by atoms with E-state index >= 15 is 0 Å². The van der Waals surface area contributed by atoms with Gasteiger partial charge in [0.2, 0.25) is 0 Å². The second-order valence-corrected chi connectivity index (χ2v) is 3.73. The van der Waals surface area contributed by atoms with Gasteiger partial charge in [0.25, 0.3) is 10.0 Å². The number of hydrogen-bond acceptors (Lipinski definition) is 2. The Morgan fingerprint density at radius 3 is 2.73 bits per heavy atom. The number of sulfonamides is 1. The number of benzene rings is 1. The minimum atomic E-state index is -3.31. The summed E-state index contributed by atoms with van der Waals surface area (Å²) < 4.78 is 25.2. The zero-order valence-electron chi connectivity index (χ0n) is 6.56. The molecule has 0 bridgehead atoms. The molecule has 0 atom stereocenters. The first-order valence-corrected chi connectivity index (χ1v) is 4.59. The lowest BCUT2D eigenvalue weighted by Crippen LogP contribution is -2.19. The maximum absolute atomic E-state index is 10.9. The molecule has 3 nitrogen and oxygen atoms in total. The molecular formula is C7H6NO2S+. The van der Waals surface area contributed by atoms with E-state index in [1.807, 2.05) is 0 Å². The summed E-state index contributed by atoms with van der Waals surface area (Å²) in [5.74, 6) is 0. The van der Waals surface area contributed by atoms with Gasteiger partial charge in [-0.05, 0) is 6.07 Å². The van der Waals surface area contributed by atoms with Crippen LogP contribution in [0.1, 0.15) is 1.43 Å². The van der Waals surface area contributed by atoms with Crippen LogP contribution >= 0.6 is 0 Å². The van der Waals surface area contributed by atoms with Crippen molar-refractivity contribution in [2.75, 3.05) is 0 Å². The van der Waals surface area contributed by atoms with Crippen molar-refractivity contribution in [1.29, 1.82) is 0 Å². The van der Waals surface area contributed by atoms with Gasteiger partial charge in [0.05, 0.1) is 10.8 Å². The Bertz CT molecular complexity index is 465. The predicted octanol–water partition coefficient (Wildman–Crippen LogP) is -0.500. The standard InChI is InChI=1S/C7H5NO2S/c9-11(10)5-6-3-1-2-4-7(6)8-11/h1-5H/p+1. The monoisotopic (exact) mass is 168 g/mol. The van der Waals surface area contributed by atoms with Gasteiger partial charge in [-0.1, -0.05) is 18.2 Å². The summed E-state index contributed by atoms with van der Waals surface area (Å²) in [7, 11) is -3.31. The molecule has 0 saturated heterocycles. The summed E-state index contributed by atoms with van der Waals surface area (Å²) in [6.07, 6.45) is 0. The van der Waals surface area contributed by atoms with Crippen molar-refractivity contribution in [3.8, 4) is 0 Å². The summed E-state index contributed by atoms with van der Waals surface area (Å²) >= 11 is 0. The lowest BCUT2D eigenvalue weighted by Gasteiger charge is -1.76. The fourth-order valence-corrected chi connectivity index (χ4v) is 2.01. The number of hydrogen-bond donors (Lipinski definition) is 0. The smallest absolute Gasteiger partial charge is 0.200 e.